The Morgan fingerprint density at radius 1 is 1.11 bits per heavy atom. The number of ether oxygens (including phenoxy) is 3. The van der Waals surface area contributed by atoms with Gasteiger partial charge in [0.2, 0.25) is 11.7 Å². The summed E-state index contributed by atoms with van der Waals surface area (Å²) in [4.78, 5) is 17.5. The zero-order valence-electron chi connectivity index (χ0n) is 16.7. The molecular formula is C20H24N4O4. The number of carbonyl (C=O) groups excluding carboxylic acids is 1. The van der Waals surface area contributed by atoms with Crippen LogP contribution in [0.1, 0.15) is 37.2 Å². The second-order valence-electron chi connectivity index (χ2n) is 7.24. The van der Waals surface area contributed by atoms with E-state index in [1.165, 1.54) is 0 Å². The second kappa shape index (κ2) is 6.85. The summed E-state index contributed by atoms with van der Waals surface area (Å²) in [5.41, 5.74) is 2.48. The summed E-state index contributed by atoms with van der Waals surface area (Å²) in [7, 11) is 4.72. The first-order valence-electron chi connectivity index (χ1n) is 9.23. The van der Waals surface area contributed by atoms with Crippen LogP contribution in [0.3, 0.4) is 0 Å². The Labute approximate surface area is 163 Å². The Kier molecular flexibility index (Phi) is 4.49. The fourth-order valence-corrected chi connectivity index (χ4v) is 4.08. The maximum atomic E-state index is 13.0. The summed E-state index contributed by atoms with van der Waals surface area (Å²) in [6, 6.07) is 3.34. The Hall–Kier alpha value is -3.03. The quantitative estimate of drug-likeness (QED) is 0.867. The first-order valence-corrected chi connectivity index (χ1v) is 9.23. The molecule has 2 atom stereocenters. The minimum Gasteiger partial charge on any atom is -0.493 e. The van der Waals surface area contributed by atoms with E-state index < -0.39 is 6.04 Å². The third kappa shape index (κ3) is 2.80. The number of allylic oxidation sites excluding steroid dienone is 2. The first-order chi connectivity index (χ1) is 13.5. The molecule has 1 aromatic carbocycles. The van der Waals surface area contributed by atoms with Gasteiger partial charge in [-0.1, -0.05) is 6.92 Å². The first kappa shape index (κ1) is 18.3. The normalized spacial score (nSPS) is 21.0. The van der Waals surface area contributed by atoms with Gasteiger partial charge in [-0.2, -0.15) is 10.1 Å². The highest BCUT2D eigenvalue weighted by Gasteiger charge is 2.39. The van der Waals surface area contributed by atoms with Gasteiger partial charge < -0.3 is 19.5 Å². The molecule has 0 saturated carbocycles. The van der Waals surface area contributed by atoms with E-state index in [1.807, 2.05) is 19.1 Å². The molecule has 1 N–H and O–H groups in total. The van der Waals surface area contributed by atoms with Crippen molar-refractivity contribution >= 4 is 11.7 Å². The lowest BCUT2D eigenvalue weighted by atomic mass is 9.81. The summed E-state index contributed by atoms with van der Waals surface area (Å²) in [6.45, 7) is 3.92. The number of hydrogen-bond donors (Lipinski definition) is 1. The second-order valence-corrected chi connectivity index (χ2v) is 7.24. The van der Waals surface area contributed by atoms with Crippen molar-refractivity contribution in [3.05, 3.63) is 34.8 Å². The van der Waals surface area contributed by atoms with Gasteiger partial charge in [-0.3, -0.25) is 4.79 Å². The molecule has 8 heteroatoms. The molecule has 2 aliphatic rings. The van der Waals surface area contributed by atoms with Crippen molar-refractivity contribution in [3.8, 4) is 17.2 Å². The van der Waals surface area contributed by atoms with Crippen molar-refractivity contribution in [2.24, 2.45) is 5.92 Å². The average Bonchev–Trinajstić information content (AvgIpc) is 3.04. The van der Waals surface area contributed by atoms with Gasteiger partial charge in [-0.15, -0.1) is 0 Å². The van der Waals surface area contributed by atoms with Gasteiger partial charge in [0.05, 0.1) is 21.3 Å². The van der Waals surface area contributed by atoms with E-state index in [0.29, 0.717) is 35.4 Å². The summed E-state index contributed by atoms with van der Waals surface area (Å²) >= 11 is 0. The number of ketones is 1. The maximum Gasteiger partial charge on any atom is 0.226 e. The highest BCUT2D eigenvalue weighted by atomic mass is 16.5. The molecule has 0 saturated heterocycles. The number of aryl methyl sites for hydroxylation is 1. The van der Waals surface area contributed by atoms with Crippen molar-refractivity contribution in [1.82, 2.24) is 14.8 Å². The van der Waals surface area contributed by atoms with E-state index in [9.17, 15) is 4.79 Å². The predicted molar refractivity (Wildman–Crippen MR) is 103 cm³/mol. The molecule has 4 rings (SSSR count). The number of nitrogens with one attached hydrogen (secondary N) is 1. The Bertz CT molecular complexity index is 954. The molecule has 2 aromatic rings. The maximum absolute atomic E-state index is 13.0. The molecule has 148 valence electrons. The van der Waals surface area contributed by atoms with Crippen molar-refractivity contribution in [2.45, 2.75) is 32.7 Å². The highest BCUT2D eigenvalue weighted by molar-refractivity contribution is 5.99. The number of aromatic nitrogens is 3. The lowest BCUT2D eigenvalue weighted by Crippen LogP contribution is -2.33. The van der Waals surface area contributed by atoms with E-state index in [2.05, 4.69) is 22.3 Å². The van der Waals surface area contributed by atoms with Gasteiger partial charge in [0.15, 0.2) is 17.3 Å². The molecule has 0 radical (unpaired) electrons. The number of anilines is 1. The zero-order valence-corrected chi connectivity index (χ0v) is 16.7. The van der Waals surface area contributed by atoms with Crippen LogP contribution >= 0.6 is 0 Å². The van der Waals surface area contributed by atoms with E-state index in [-0.39, 0.29) is 11.7 Å². The molecule has 0 amide bonds. The van der Waals surface area contributed by atoms with E-state index in [0.717, 1.165) is 23.3 Å². The van der Waals surface area contributed by atoms with E-state index in [4.69, 9.17) is 14.2 Å². The number of nitrogens with zero attached hydrogens (tertiary/aromatic N) is 3. The Morgan fingerprint density at radius 3 is 2.39 bits per heavy atom. The van der Waals surface area contributed by atoms with Gasteiger partial charge in [0.25, 0.3) is 0 Å². The number of fused-ring (bicyclic) bond motifs is 1. The number of Topliss-reactive ketones (excluding diaryl/α,β-unsaturated/α-hetero) is 1. The lowest BCUT2D eigenvalue weighted by Gasteiger charge is -2.34. The number of rotatable bonds is 4. The number of carbonyl (C=O) groups is 1. The summed E-state index contributed by atoms with van der Waals surface area (Å²) in [5, 5.41) is 7.87. The minimum absolute atomic E-state index is 0.124. The zero-order chi connectivity index (χ0) is 20.0. The minimum atomic E-state index is -0.402. The van der Waals surface area contributed by atoms with Gasteiger partial charge in [0.1, 0.15) is 11.9 Å². The molecular weight excluding hydrogens is 360 g/mol. The molecule has 0 unspecified atom stereocenters. The number of hydrogen-bond acceptors (Lipinski definition) is 7. The summed E-state index contributed by atoms with van der Waals surface area (Å²) in [5.74, 6) is 3.27. The molecule has 2 heterocycles. The Morgan fingerprint density at radius 2 is 1.79 bits per heavy atom. The van der Waals surface area contributed by atoms with Crippen LogP contribution in [-0.2, 0) is 4.79 Å². The Balaban J connectivity index is 1.95. The third-order valence-electron chi connectivity index (χ3n) is 5.23. The molecule has 0 fully saturated rings. The lowest BCUT2D eigenvalue weighted by molar-refractivity contribution is -0.117. The third-order valence-corrected chi connectivity index (χ3v) is 5.23. The van der Waals surface area contributed by atoms with Gasteiger partial charge in [0, 0.05) is 17.7 Å². The van der Waals surface area contributed by atoms with Crippen LogP contribution in [0, 0.1) is 12.8 Å². The molecule has 0 spiro atoms. The van der Waals surface area contributed by atoms with Crippen molar-refractivity contribution in [1.29, 1.82) is 0 Å². The van der Waals surface area contributed by atoms with Gasteiger partial charge in [-0.05, 0) is 37.0 Å². The van der Waals surface area contributed by atoms with E-state index in [1.54, 1.807) is 26.0 Å². The van der Waals surface area contributed by atoms with Gasteiger partial charge >= 0.3 is 0 Å². The average molecular weight is 384 g/mol. The van der Waals surface area contributed by atoms with Crippen LogP contribution in [0.4, 0.5) is 5.95 Å². The SMILES string of the molecule is COc1cc([C@H]2C3=C(C[C@H](C)CC3=O)Nc3nc(C)nn32)cc(OC)c1OC. The molecule has 1 aliphatic carbocycles. The smallest absolute Gasteiger partial charge is 0.226 e. The molecule has 8 nitrogen and oxygen atoms in total. The van der Waals surface area contributed by atoms with Crippen LogP contribution in [-0.4, -0.2) is 41.9 Å². The highest BCUT2D eigenvalue weighted by Crippen LogP contribution is 2.46. The molecule has 1 aromatic heterocycles. The topological polar surface area (TPSA) is 87.5 Å². The van der Waals surface area contributed by atoms with Crippen LogP contribution in [0.15, 0.2) is 23.4 Å². The van der Waals surface area contributed by atoms with Crippen molar-refractivity contribution in [2.75, 3.05) is 26.6 Å². The van der Waals surface area contributed by atoms with Crippen molar-refractivity contribution in [3.63, 3.8) is 0 Å². The van der Waals surface area contributed by atoms with Crippen LogP contribution < -0.4 is 19.5 Å². The monoisotopic (exact) mass is 384 g/mol. The number of methoxy groups -OCH3 is 3. The predicted octanol–water partition coefficient (Wildman–Crippen LogP) is 2.88. The summed E-state index contributed by atoms with van der Waals surface area (Å²) < 4.78 is 18.2. The van der Waals surface area contributed by atoms with Crippen LogP contribution in [0.25, 0.3) is 0 Å². The fraction of sp³-hybridized carbons (Fsp3) is 0.450. The van der Waals surface area contributed by atoms with Crippen LogP contribution in [0.2, 0.25) is 0 Å². The molecule has 28 heavy (non-hydrogen) atoms. The molecule has 0 bridgehead atoms. The molecule has 1 aliphatic heterocycles. The van der Waals surface area contributed by atoms with Crippen molar-refractivity contribution < 1.29 is 19.0 Å². The van der Waals surface area contributed by atoms with Gasteiger partial charge in [-0.25, -0.2) is 4.68 Å². The fourth-order valence-electron chi connectivity index (χ4n) is 4.08. The summed E-state index contributed by atoms with van der Waals surface area (Å²) in [6.07, 6.45) is 1.32. The van der Waals surface area contributed by atoms with E-state index >= 15 is 0 Å². The standard InChI is InChI=1S/C20H24N4O4/c1-10-6-13-17(14(25)7-10)18(24-20(22-13)21-11(2)23-24)12-8-15(26-3)19(28-5)16(9-12)27-4/h8-10,18H,6-7H2,1-5H3,(H,21,22,23)/t10-,18-/m0/s1. The number of benzene rings is 1. The largest absolute Gasteiger partial charge is 0.493 e. The van der Waals surface area contributed by atoms with Crippen LogP contribution in [0.5, 0.6) is 17.2 Å².